The molecule has 0 bridgehead atoms. The number of hydrogen-bond donors (Lipinski definition) is 1. The fourth-order valence-electron chi connectivity index (χ4n) is 5.27. The van der Waals surface area contributed by atoms with Crippen molar-refractivity contribution in [1.29, 1.82) is 0 Å². The summed E-state index contributed by atoms with van der Waals surface area (Å²) in [6, 6.07) is 36.8. The van der Waals surface area contributed by atoms with E-state index in [4.69, 9.17) is 14.4 Å². The lowest BCUT2D eigenvalue weighted by molar-refractivity contribution is 0.473. The van der Waals surface area contributed by atoms with Gasteiger partial charge < -0.3 is 9.52 Å². The van der Waals surface area contributed by atoms with E-state index in [2.05, 4.69) is 89.2 Å². The van der Waals surface area contributed by atoms with E-state index in [1.54, 1.807) is 12.3 Å². The average molecular weight is 565 g/mol. The first-order valence-electron chi connectivity index (χ1n) is 14.7. The Balaban J connectivity index is 1.38. The van der Waals surface area contributed by atoms with Crippen molar-refractivity contribution in [3.8, 4) is 39.5 Å². The second kappa shape index (κ2) is 11.4. The molecule has 0 aliphatic heterocycles. The number of aromatic hydroxyl groups is 1. The van der Waals surface area contributed by atoms with Crippen molar-refractivity contribution in [2.24, 2.45) is 4.99 Å². The molecule has 0 unspecified atom stereocenters. The van der Waals surface area contributed by atoms with Crippen molar-refractivity contribution in [2.75, 3.05) is 0 Å². The van der Waals surface area contributed by atoms with Crippen molar-refractivity contribution < 1.29 is 9.52 Å². The fourth-order valence-corrected chi connectivity index (χ4v) is 5.27. The molecule has 1 aromatic heterocycles. The Bertz CT molecular complexity index is 1960. The van der Waals surface area contributed by atoms with Crippen molar-refractivity contribution in [1.82, 2.24) is 4.98 Å². The standard InChI is InChI=1S/C39H36N2O2/c1-25(2)26-11-8-12-27(21-26)28-13-9-14-29(22-28)32-16-10-18-36-37(32)41-38(43-36)33-15-6-7-17-34(33)40-24-30-23-31(39(3,4)5)19-20-35(30)42/h6-25,42H,1-5H3. The molecule has 214 valence electrons. The lowest BCUT2D eigenvalue weighted by atomic mass is 9.86. The molecular weight excluding hydrogens is 528 g/mol. The van der Waals surface area contributed by atoms with E-state index in [9.17, 15) is 5.11 Å². The molecule has 5 aromatic carbocycles. The topological polar surface area (TPSA) is 58.6 Å². The van der Waals surface area contributed by atoms with Crippen molar-refractivity contribution in [3.05, 3.63) is 126 Å². The molecule has 0 aliphatic carbocycles. The summed E-state index contributed by atoms with van der Waals surface area (Å²) in [6.07, 6.45) is 1.71. The van der Waals surface area contributed by atoms with E-state index in [1.165, 1.54) is 16.7 Å². The Morgan fingerprint density at radius 1 is 0.744 bits per heavy atom. The molecule has 1 N–H and O–H groups in total. The number of para-hydroxylation sites is 2. The highest BCUT2D eigenvalue weighted by Crippen LogP contribution is 2.37. The smallest absolute Gasteiger partial charge is 0.229 e. The molecule has 0 amide bonds. The van der Waals surface area contributed by atoms with Crippen LogP contribution >= 0.6 is 0 Å². The number of aliphatic imine (C=N–C) groups is 1. The van der Waals surface area contributed by atoms with Gasteiger partial charge >= 0.3 is 0 Å². The molecule has 0 radical (unpaired) electrons. The first-order chi connectivity index (χ1) is 20.7. The van der Waals surface area contributed by atoms with Gasteiger partial charge in [0.1, 0.15) is 11.3 Å². The highest BCUT2D eigenvalue weighted by molar-refractivity contribution is 5.94. The minimum atomic E-state index is -0.0399. The van der Waals surface area contributed by atoms with Gasteiger partial charge in [0.15, 0.2) is 5.58 Å². The Morgan fingerprint density at radius 2 is 1.44 bits per heavy atom. The van der Waals surface area contributed by atoms with Gasteiger partial charge in [-0.25, -0.2) is 4.98 Å². The second-order valence-corrected chi connectivity index (χ2v) is 12.3. The number of rotatable bonds is 6. The number of benzene rings is 5. The summed E-state index contributed by atoms with van der Waals surface area (Å²) >= 11 is 0. The Kier molecular flexibility index (Phi) is 7.45. The van der Waals surface area contributed by atoms with Gasteiger partial charge in [0.05, 0.1) is 11.3 Å². The summed E-state index contributed by atoms with van der Waals surface area (Å²) in [5, 5.41) is 10.5. The van der Waals surface area contributed by atoms with Gasteiger partial charge in [-0.05, 0) is 75.5 Å². The first-order valence-corrected chi connectivity index (χ1v) is 14.7. The van der Waals surface area contributed by atoms with Crippen molar-refractivity contribution >= 4 is 23.0 Å². The van der Waals surface area contributed by atoms with Gasteiger partial charge in [0.2, 0.25) is 5.89 Å². The Hall–Kier alpha value is -4.96. The number of fused-ring (bicyclic) bond motifs is 1. The molecule has 1 heterocycles. The number of aromatic nitrogens is 1. The van der Waals surface area contributed by atoms with Gasteiger partial charge in [-0.3, -0.25) is 4.99 Å². The van der Waals surface area contributed by atoms with Crippen molar-refractivity contribution in [2.45, 2.75) is 46.0 Å². The summed E-state index contributed by atoms with van der Waals surface area (Å²) < 4.78 is 6.32. The van der Waals surface area contributed by atoms with Crippen LogP contribution in [0.3, 0.4) is 0 Å². The molecule has 0 atom stereocenters. The van der Waals surface area contributed by atoms with Gasteiger partial charge in [-0.15, -0.1) is 0 Å². The third kappa shape index (κ3) is 5.87. The fraction of sp³-hybridized carbons (Fsp3) is 0.179. The van der Waals surface area contributed by atoms with Crippen LogP contribution in [0.1, 0.15) is 57.2 Å². The predicted molar refractivity (Wildman–Crippen MR) is 178 cm³/mol. The van der Waals surface area contributed by atoms with Crippen LogP contribution in [0, 0.1) is 0 Å². The number of phenolic OH excluding ortho intramolecular Hbond substituents is 1. The summed E-state index contributed by atoms with van der Waals surface area (Å²) in [6.45, 7) is 10.9. The van der Waals surface area contributed by atoms with Crippen molar-refractivity contribution in [3.63, 3.8) is 0 Å². The number of hydrogen-bond acceptors (Lipinski definition) is 4. The van der Waals surface area contributed by atoms with Crippen LogP contribution in [-0.2, 0) is 5.41 Å². The molecule has 0 spiro atoms. The van der Waals surface area contributed by atoms with Gasteiger partial charge in [0, 0.05) is 17.3 Å². The minimum Gasteiger partial charge on any atom is -0.507 e. The van der Waals surface area contributed by atoms with Crippen LogP contribution in [0.5, 0.6) is 5.75 Å². The largest absolute Gasteiger partial charge is 0.507 e. The van der Waals surface area contributed by atoms with Gasteiger partial charge in [-0.2, -0.15) is 0 Å². The van der Waals surface area contributed by atoms with Crippen LogP contribution in [0.2, 0.25) is 0 Å². The minimum absolute atomic E-state index is 0.0399. The zero-order valence-electron chi connectivity index (χ0n) is 25.3. The summed E-state index contributed by atoms with van der Waals surface area (Å²) in [4.78, 5) is 9.76. The van der Waals surface area contributed by atoms with Gasteiger partial charge in [0.25, 0.3) is 0 Å². The monoisotopic (exact) mass is 564 g/mol. The maximum Gasteiger partial charge on any atom is 0.229 e. The van der Waals surface area contributed by atoms with E-state index < -0.39 is 0 Å². The summed E-state index contributed by atoms with van der Waals surface area (Å²) in [5.41, 5.74) is 10.6. The predicted octanol–water partition coefficient (Wildman–Crippen LogP) is 10.7. The van der Waals surface area contributed by atoms with Crippen LogP contribution in [0.15, 0.2) is 119 Å². The summed E-state index contributed by atoms with van der Waals surface area (Å²) in [5.74, 6) is 1.17. The second-order valence-electron chi connectivity index (χ2n) is 12.3. The highest BCUT2D eigenvalue weighted by Gasteiger charge is 2.17. The maximum atomic E-state index is 10.5. The molecular formula is C39H36N2O2. The van der Waals surface area contributed by atoms with E-state index in [-0.39, 0.29) is 11.2 Å². The van der Waals surface area contributed by atoms with Crippen LogP contribution in [0.25, 0.3) is 44.8 Å². The normalized spacial score (nSPS) is 12.0. The molecule has 0 saturated heterocycles. The molecule has 0 fully saturated rings. The number of oxazole rings is 1. The molecule has 6 rings (SSSR count). The lowest BCUT2D eigenvalue weighted by Crippen LogP contribution is -2.11. The van der Waals surface area contributed by atoms with Gasteiger partial charge in [-0.1, -0.05) is 107 Å². The zero-order chi connectivity index (χ0) is 30.1. The van der Waals surface area contributed by atoms with E-state index in [0.717, 1.165) is 27.8 Å². The molecule has 0 saturated carbocycles. The first kappa shape index (κ1) is 28.2. The zero-order valence-corrected chi connectivity index (χ0v) is 25.3. The molecule has 43 heavy (non-hydrogen) atoms. The van der Waals surface area contributed by atoms with Crippen LogP contribution in [0.4, 0.5) is 5.69 Å². The van der Waals surface area contributed by atoms with E-state index in [1.807, 2.05) is 48.5 Å². The quantitative estimate of drug-likeness (QED) is 0.205. The van der Waals surface area contributed by atoms with Crippen LogP contribution in [-0.4, -0.2) is 16.3 Å². The average Bonchev–Trinajstić information content (AvgIpc) is 3.45. The highest BCUT2D eigenvalue weighted by atomic mass is 16.3. The van der Waals surface area contributed by atoms with E-state index in [0.29, 0.717) is 28.6 Å². The maximum absolute atomic E-state index is 10.5. The molecule has 6 aromatic rings. The number of nitrogens with zero attached hydrogens (tertiary/aromatic N) is 2. The van der Waals surface area contributed by atoms with E-state index >= 15 is 0 Å². The molecule has 4 heteroatoms. The SMILES string of the molecule is CC(C)c1cccc(-c2cccc(-c3cccc4oc(-c5ccccc5N=Cc5cc(C(C)(C)C)ccc5O)nc34)c2)c1. The Labute approximate surface area is 253 Å². The molecule has 0 aliphatic rings. The third-order valence-corrected chi connectivity index (χ3v) is 7.85. The lowest BCUT2D eigenvalue weighted by Gasteiger charge is -2.19. The number of phenols is 1. The third-order valence-electron chi connectivity index (χ3n) is 7.85. The van der Waals surface area contributed by atoms with Crippen LogP contribution < -0.4 is 0 Å². The Morgan fingerprint density at radius 3 is 2.23 bits per heavy atom. The summed E-state index contributed by atoms with van der Waals surface area (Å²) in [7, 11) is 0. The molecule has 4 nitrogen and oxygen atoms in total.